The first-order valence-corrected chi connectivity index (χ1v) is 4.77. The SMILES string of the molecule is CC(NC(=O)c1ccc(F)cc1)C(N)=S. The maximum atomic E-state index is 12.6. The van der Waals surface area contributed by atoms with E-state index in [-0.39, 0.29) is 22.8 Å². The van der Waals surface area contributed by atoms with Crippen molar-refractivity contribution in [2.24, 2.45) is 5.73 Å². The van der Waals surface area contributed by atoms with Gasteiger partial charge in [-0.2, -0.15) is 0 Å². The molecule has 0 aliphatic carbocycles. The number of nitrogens with one attached hydrogen (secondary N) is 1. The van der Waals surface area contributed by atoms with Crippen LogP contribution in [0, 0.1) is 5.82 Å². The topological polar surface area (TPSA) is 55.1 Å². The number of nitrogens with two attached hydrogens (primary N) is 1. The molecule has 5 heteroatoms. The molecule has 1 atom stereocenters. The number of hydrogen-bond donors (Lipinski definition) is 2. The Bertz CT molecular complexity index is 378. The van der Waals surface area contributed by atoms with E-state index in [0.29, 0.717) is 5.56 Å². The lowest BCUT2D eigenvalue weighted by Gasteiger charge is -2.11. The number of benzene rings is 1. The highest BCUT2D eigenvalue weighted by molar-refractivity contribution is 7.80. The fourth-order valence-electron chi connectivity index (χ4n) is 0.952. The van der Waals surface area contributed by atoms with Gasteiger partial charge in [0.15, 0.2) is 0 Å². The largest absolute Gasteiger partial charge is 0.392 e. The zero-order valence-electron chi connectivity index (χ0n) is 8.16. The van der Waals surface area contributed by atoms with Crippen molar-refractivity contribution in [3.05, 3.63) is 35.6 Å². The van der Waals surface area contributed by atoms with E-state index in [1.54, 1.807) is 6.92 Å². The zero-order valence-corrected chi connectivity index (χ0v) is 8.98. The molecule has 0 heterocycles. The fourth-order valence-corrected chi connectivity index (χ4v) is 1.01. The summed E-state index contributed by atoms with van der Waals surface area (Å²) in [6.07, 6.45) is 0. The van der Waals surface area contributed by atoms with E-state index in [1.165, 1.54) is 24.3 Å². The first kappa shape index (κ1) is 11.6. The third kappa shape index (κ3) is 3.28. The molecule has 1 rings (SSSR count). The Morgan fingerprint density at radius 2 is 2.00 bits per heavy atom. The van der Waals surface area contributed by atoms with Crippen LogP contribution >= 0.6 is 12.2 Å². The summed E-state index contributed by atoms with van der Waals surface area (Å²) in [6.45, 7) is 1.68. The summed E-state index contributed by atoms with van der Waals surface area (Å²) in [7, 11) is 0. The van der Waals surface area contributed by atoms with Gasteiger partial charge in [0.05, 0.1) is 11.0 Å². The van der Waals surface area contributed by atoms with Crippen LogP contribution in [0.25, 0.3) is 0 Å². The second-order valence-electron chi connectivity index (χ2n) is 3.10. The molecule has 3 nitrogen and oxygen atoms in total. The molecular weight excluding hydrogens is 215 g/mol. The minimum absolute atomic E-state index is 0.213. The minimum atomic E-state index is -0.381. The van der Waals surface area contributed by atoms with Crippen LogP contribution in [0.2, 0.25) is 0 Å². The van der Waals surface area contributed by atoms with Crippen molar-refractivity contribution in [2.75, 3.05) is 0 Å². The van der Waals surface area contributed by atoms with Gasteiger partial charge >= 0.3 is 0 Å². The van der Waals surface area contributed by atoms with Crippen molar-refractivity contribution in [1.29, 1.82) is 0 Å². The molecule has 0 radical (unpaired) electrons. The van der Waals surface area contributed by atoms with Gasteiger partial charge in [-0.05, 0) is 31.2 Å². The predicted molar refractivity (Wildman–Crippen MR) is 60.1 cm³/mol. The second-order valence-corrected chi connectivity index (χ2v) is 3.58. The third-order valence-corrected chi connectivity index (χ3v) is 2.23. The molecule has 0 aromatic heterocycles. The lowest BCUT2D eigenvalue weighted by Crippen LogP contribution is -2.41. The van der Waals surface area contributed by atoms with Crippen LogP contribution in [0.1, 0.15) is 17.3 Å². The van der Waals surface area contributed by atoms with E-state index in [9.17, 15) is 9.18 Å². The van der Waals surface area contributed by atoms with Crippen LogP contribution in [0.15, 0.2) is 24.3 Å². The number of halogens is 1. The number of amides is 1. The average molecular weight is 226 g/mol. The number of hydrogen-bond acceptors (Lipinski definition) is 2. The van der Waals surface area contributed by atoms with Crippen LogP contribution in [0.4, 0.5) is 4.39 Å². The standard InChI is InChI=1S/C10H11FN2OS/c1-6(9(12)15)13-10(14)7-2-4-8(11)5-3-7/h2-6H,1H3,(H2,12,15)(H,13,14). The lowest BCUT2D eigenvalue weighted by atomic mass is 10.2. The summed E-state index contributed by atoms with van der Waals surface area (Å²) in [5, 5.41) is 2.59. The maximum absolute atomic E-state index is 12.6. The molecule has 0 spiro atoms. The first-order chi connectivity index (χ1) is 7.00. The molecule has 1 unspecified atom stereocenters. The van der Waals surface area contributed by atoms with Crippen molar-refractivity contribution in [3.8, 4) is 0 Å². The average Bonchev–Trinajstić information content (AvgIpc) is 2.18. The fraction of sp³-hybridized carbons (Fsp3) is 0.200. The van der Waals surface area contributed by atoms with Gasteiger partial charge in [0, 0.05) is 5.56 Å². The van der Waals surface area contributed by atoms with E-state index in [4.69, 9.17) is 18.0 Å². The van der Waals surface area contributed by atoms with Crippen LogP contribution in [0.3, 0.4) is 0 Å². The van der Waals surface area contributed by atoms with Gasteiger partial charge in [0.25, 0.3) is 5.91 Å². The molecule has 0 bridgehead atoms. The van der Waals surface area contributed by atoms with E-state index >= 15 is 0 Å². The number of rotatable bonds is 3. The van der Waals surface area contributed by atoms with Crippen LogP contribution in [0.5, 0.6) is 0 Å². The predicted octanol–water partition coefficient (Wildman–Crippen LogP) is 1.23. The van der Waals surface area contributed by atoms with E-state index < -0.39 is 0 Å². The van der Waals surface area contributed by atoms with E-state index in [1.807, 2.05) is 0 Å². The summed E-state index contributed by atoms with van der Waals surface area (Å²) in [6, 6.07) is 4.87. The van der Waals surface area contributed by atoms with Crippen LogP contribution < -0.4 is 11.1 Å². The summed E-state index contributed by atoms with van der Waals surface area (Å²) < 4.78 is 12.6. The molecule has 3 N–H and O–H groups in total. The lowest BCUT2D eigenvalue weighted by molar-refractivity contribution is 0.0949. The summed E-state index contributed by atoms with van der Waals surface area (Å²) in [5.41, 5.74) is 5.72. The quantitative estimate of drug-likeness (QED) is 0.762. The number of carbonyl (C=O) groups is 1. The van der Waals surface area contributed by atoms with Crippen LogP contribution in [-0.2, 0) is 0 Å². The molecule has 1 aromatic rings. The molecule has 15 heavy (non-hydrogen) atoms. The van der Waals surface area contributed by atoms with Gasteiger partial charge in [0.1, 0.15) is 5.82 Å². The molecule has 0 fully saturated rings. The van der Waals surface area contributed by atoms with Crippen molar-refractivity contribution in [1.82, 2.24) is 5.32 Å². The Labute approximate surface area is 92.5 Å². The van der Waals surface area contributed by atoms with Crippen molar-refractivity contribution < 1.29 is 9.18 Å². The van der Waals surface area contributed by atoms with Gasteiger partial charge in [-0.15, -0.1) is 0 Å². The minimum Gasteiger partial charge on any atom is -0.392 e. The first-order valence-electron chi connectivity index (χ1n) is 4.36. The van der Waals surface area contributed by atoms with Gasteiger partial charge < -0.3 is 11.1 Å². The molecule has 0 aliphatic rings. The van der Waals surface area contributed by atoms with Crippen molar-refractivity contribution >= 4 is 23.1 Å². The Hall–Kier alpha value is -1.49. The molecule has 1 aromatic carbocycles. The van der Waals surface area contributed by atoms with Crippen molar-refractivity contribution in [2.45, 2.75) is 13.0 Å². The Morgan fingerprint density at radius 3 is 2.47 bits per heavy atom. The second kappa shape index (κ2) is 4.84. The number of carbonyl (C=O) groups excluding carboxylic acids is 1. The summed E-state index contributed by atoms with van der Waals surface area (Å²) in [5.74, 6) is -0.704. The number of thiocarbonyl (C=S) groups is 1. The molecule has 80 valence electrons. The van der Waals surface area contributed by atoms with Crippen LogP contribution in [-0.4, -0.2) is 16.9 Å². The molecule has 0 saturated carbocycles. The van der Waals surface area contributed by atoms with Gasteiger partial charge in [-0.3, -0.25) is 4.79 Å². The normalized spacial score (nSPS) is 11.9. The molecule has 0 saturated heterocycles. The van der Waals surface area contributed by atoms with Gasteiger partial charge in [0.2, 0.25) is 0 Å². The highest BCUT2D eigenvalue weighted by atomic mass is 32.1. The maximum Gasteiger partial charge on any atom is 0.251 e. The molecule has 0 aliphatic heterocycles. The van der Waals surface area contributed by atoms with Crippen molar-refractivity contribution in [3.63, 3.8) is 0 Å². The smallest absolute Gasteiger partial charge is 0.251 e. The van der Waals surface area contributed by atoms with Gasteiger partial charge in [-0.25, -0.2) is 4.39 Å². The molecular formula is C10H11FN2OS. The Balaban J connectivity index is 2.69. The Morgan fingerprint density at radius 1 is 1.47 bits per heavy atom. The molecule has 1 amide bonds. The summed E-state index contributed by atoms with van der Waals surface area (Å²) >= 11 is 4.71. The summed E-state index contributed by atoms with van der Waals surface area (Å²) in [4.78, 5) is 11.7. The highest BCUT2D eigenvalue weighted by Crippen LogP contribution is 2.02. The zero-order chi connectivity index (χ0) is 11.4. The van der Waals surface area contributed by atoms with E-state index in [0.717, 1.165) is 0 Å². The van der Waals surface area contributed by atoms with E-state index in [2.05, 4.69) is 5.32 Å². The third-order valence-electron chi connectivity index (χ3n) is 1.88. The monoisotopic (exact) mass is 226 g/mol. The van der Waals surface area contributed by atoms with Gasteiger partial charge in [-0.1, -0.05) is 12.2 Å². The highest BCUT2D eigenvalue weighted by Gasteiger charge is 2.10. The Kier molecular flexibility index (Phi) is 3.74.